The summed E-state index contributed by atoms with van der Waals surface area (Å²) in [5, 5.41) is 6.85. The van der Waals surface area contributed by atoms with Gasteiger partial charge >= 0.3 is 0 Å². The highest BCUT2D eigenvalue weighted by Crippen LogP contribution is 2.18. The van der Waals surface area contributed by atoms with Gasteiger partial charge in [-0.25, -0.2) is 18.1 Å². The van der Waals surface area contributed by atoms with Crippen LogP contribution in [0.4, 0.5) is 0 Å². The largest absolute Gasteiger partial charge is 0.361 e. The van der Waals surface area contributed by atoms with Crippen LogP contribution in [0.15, 0.2) is 45.5 Å². The van der Waals surface area contributed by atoms with E-state index in [0.29, 0.717) is 19.0 Å². The van der Waals surface area contributed by atoms with E-state index in [2.05, 4.69) is 26.7 Å². The first kappa shape index (κ1) is 16.5. The second-order valence-corrected chi connectivity index (χ2v) is 7.33. The van der Waals surface area contributed by atoms with E-state index in [1.807, 2.05) is 19.2 Å². The summed E-state index contributed by atoms with van der Waals surface area (Å²) in [5.41, 5.74) is 0.775. The fourth-order valence-electron chi connectivity index (χ4n) is 2.56. The summed E-state index contributed by atoms with van der Waals surface area (Å²) in [6.07, 6.45) is 4.57. The number of aromatic nitrogens is 1. The van der Waals surface area contributed by atoms with Crippen molar-refractivity contribution in [3.63, 3.8) is 0 Å². The number of benzene rings is 1. The highest BCUT2D eigenvalue weighted by Gasteiger charge is 2.25. The van der Waals surface area contributed by atoms with Gasteiger partial charge in [0.1, 0.15) is 0 Å². The fourth-order valence-corrected chi connectivity index (χ4v) is 3.60. The molecule has 2 aromatic rings. The molecule has 2 heterocycles. The summed E-state index contributed by atoms with van der Waals surface area (Å²) in [6, 6.07) is 6.87. The van der Waals surface area contributed by atoms with Crippen molar-refractivity contribution in [1.82, 2.24) is 14.7 Å². The van der Waals surface area contributed by atoms with Crippen molar-refractivity contribution < 1.29 is 8.42 Å². The molecular weight excluding hydrogens is 326 g/mol. The molecule has 0 fully saturated rings. The van der Waals surface area contributed by atoms with Crippen molar-refractivity contribution in [2.24, 2.45) is 16.0 Å². The molecular formula is C16H21N5O2S. The molecule has 0 amide bonds. The first-order valence-corrected chi connectivity index (χ1v) is 9.48. The molecule has 1 aliphatic rings. The lowest BCUT2D eigenvalue weighted by Gasteiger charge is -2.19. The second kappa shape index (κ2) is 6.64. The Morgan fingerprint density at radius 2 is 2.25 bits per heavy atom. The molecule has 2 N–H and O–H groups in total. The molecule has 0 saturated carbocycles. The van der Waals surface area contributed by atoms with Gasteiger partial charge in [0.15, 0.2) is 0 Å². The normalized spacial score (nSPS) is 18.5. The number of hydrogen-bond acceptors (Lipinski definition) is 4. The maximum atomic E-state index is 12.7. The minimum Gasteiger partial charge on any atom is -0.361 e. The summed E-state index contributed by atoms with van der Waals surface area (Å²) >= 11 is 0. The molecule has 7 nitrogen and oxygen atoms in total. The number of hydrazone groups is 1. The van der Waals surface area contributed by atoms with Crippen LogP contribution in [0.1, 0.15) is 20.3 Å². The average Bonchev–Trinajstić information content (AvgIpc) is 3.22. The highest BCUT2D eigenvalue weighted by atomic mass is 32.2. The SMILES string of the molecule is CCN=C(NS(=O)(=O)c1ccc2cc[nH]c2c1)N1CC(CC)C=N1. The third-order valence-corrected chi connectivity index (χ3v) is 5.29. The Hall–Kier alpha value is -2.35. The molecule has 8 heteroatoms. The maximum Gasteiger partial charge on any atom is 0.264 e. The first-order valence-electron chi connectivity index (χ1n) is 7.99. The maximum absolute atomic E-state index is 12.7. The molecule has 1 unspecified atom stereocenters. The van der Waals surface area contributed by atoms with Crippen molar-refractivity contribution in [3.8, 4) is 0 Å². The van der Waals surface area contributed by atoms with Crippen LogP contribution in [-0.4, -0.2) is 43.7 Å². The van der Waals surface area contributed by atoms with E-state index >= 15 is 0 Å². The van der Waals surface area contributed by atoms with E-state index in [1.54, 1.807) is 29.4 Å². The number of aliphatic imine (C=N–C) groups is 1. The molecule has 24 heavy (non-hydrogen) atoms. The Balaban J connectivity index is 1.85. The van der Waals surface area contributed by atoms with Crippen LogP contribution >= 0.6 is 0 Å². The standard InChI is InChI=1S/C16H21N5O2S/c1-3-12-10-19-21(11-12)16(17-4-2)20-24(22,23)14-6-5-13-7-8-18-15(13)9-14/h5-10,12,18H,3-4,11H2,1-2H3,(H,17,20). The molecule has 0 bridgehead atoms. The molecule has 128 valence electrons. The summed E-state index contributed by atoms with van der Waals surface area (Å²) in [6.45, 7) is 5.03. The lowest BCUT2D eigenvalue weighted by atomic mass is 10.1. The van der Waals surface area contributed by atoms with Gasteiger partial charge in [-0.15, -0.1) is 0 Å². The Labute approximate surface area is 141 Å². The van der Waals surface area contributed by atoms with Gasteiger partial charge in [-0.1, -0.05) is 13.0 Å². The summed E-state index contributed by atoms with van der Waals surface area (Å²) in [4.78, 5) is 7.48. The van der Waals surface area contributed by atoms with E-state index in [1.165, 1.54) is 0 Å². The molecule has 0 aliphatic carbocycles. The Bertz CT molecular complexity index is 885. The lowest BCUT2D eigenvalue weighted by molar-refractivity contribution is 0.429. The Kier molecular flexibility index (Phi) is 4.57. The van der Waals surface area contributed by atoms with Crippen molar-refractivity contribution in [1.29, 1.82) is 0 Å². The topological polar surface area (TPSA) is 89.9 Å². The van der Waals surface area contributed by atoms with Gasteiger partial charge in [0.05, 0.1) is 11.4 Å². The van der Waals surface area contributed by atoms with Crippen LogP contribution in [0, 0.1) is 5.92 Å². The van der Waals surface area contributed by atoms with Crippen LogP contribution in [0.3, 0.4) is 0 Å². The first-order chi connectivity index (χ1) is 11.5. The second-order valence-electron chi connectivity index (χ2n) is 5.65. The molecule has 0 radical (unpaired) electrons. The molecule has 1 aliphatic heterocycles. The predicted octanol–water partition coefficient (Wildman–Crippen LogP) is 2.15. The number of H-pyrrole nitrogens is 1. The monoisotopic (exact) mass is 347 g/mol. The number of guanidine groups is 1. The van der Waals surface area contributed by atoms with Crippen molar-refractivity contribution in [2.75, 3.05) is 13.1 Å². The van der Waals surface area contributed by atoms with Gasteiger partial charge in [-0.3, -0.25) is 4.99 Å². The van der Waals surface area contributed by atoms with Gasteiger partial charge in [-0.05, 0) is 36.9 Å². The summed E-state index contributed by atoms with van der Waals surface area (Å²) in [5.74, 6) is 0.572. The number of hydrogen-bond donors (Lipinski definition) is 2. The van der Waals surface area contributed by atoms with Crippen LogP contribution in [-0.2, 0) is 10.0 Å². The molecule has 1 aromatic carbocycles. The third-order valence-electron chi connectivity index (χ3n) is 3.96. The highest BCUT2D eigenvalue weighted by molar-refractivity contribution is 7.90. The number of aromatic amines is 1. The number of nitrogens with one attached hydrogen (secondary N) is 2. The summed E-state index contributed by atoms with van der Waals surface area (Å²) in [7, 11) is -3.73. The van der Waals surface area contributed by atoms with E-state index in [0.717, 1.165) is 17.3 Å². The van der Waals surface area contributed by atoms with Crippen LogP contribution in [0.2, 0.25) is 0 Å². The Morgan fingerprint density at radius 1 is 1.42 bits per heavy atom. The molecule has 1 aromatic heterocycles. The van der Waals surface area contributed by atoms with E-state index in [4.69, 9.17) is 0 Å². The van der Waals surface area contributed by atoms with Crippen molar-refractivity contribution in [3.05, 3.63) is 30.5 Å². The van der Waals surface area contributed by atoms with Gasteiger partial charge in [0.25, 0.3) is 10.0 Å². The smallest absolute Gasteiger partial charge is 0.264 e. The quantitative estimate of drug-likeness (QED) is 0.656. The fraction of sp³-hybridized carbons (Fsp3) is 0.375. The zero-order chi connectivity index (χ0) is 17.2. The minimum atomic E-state index is -3.73. The molecule has 0 spiro atoms. The zero-order valence-electron chi connectivity index (χ0n) is 13.7. The van der Waals surface area contributed by atoms with Gasteiger partial charge in [0.2, 0.25) is 5.96 Å². The van der Waals surface area contributed by atoms with E-state index in [-0.39, 0.29) is 10.9 Å². The predicted molar refractivity (Wildman–Crippen MR) is 95.6 cm³/mol. The van der Waals surface area contributed by atoms with Crippen molar-refractivity contribution in [2.45, 2.75) is 25.2 Å². The molecule has 0 saturated heterocycles. The van der Waals surface area contributed by atoms with Gasteiger partial charge < -0.3 is 4.98 Å². The van der Waals surface area contributed by atoms with Crippen LogP contribution in [0.5, 0.6) is 0 Å². The number of sulfonamides is 1. The summed E-state index contributed by atoms with van der Waals surface area (Å²) < 4.78 is 28.0. The Morgan fingerprint density at radius 3 is 2.96 bits per heavy atom. The number of rotatable bonds is 4. The van der Waals surface area contributed by atoms with Crippen molar-refractivity contribution >= 4 is 33.1 Å². The van der Waals surface area contributed by atoms with Gasteiger partial charge in [-0.2, -0.15) is 5.10 Å². The van der Waals surface area contributed by atoms with E-state index < -0.39 is 10.0 Å². The average molecular weight is 347 g/mol. The van der Waals surface area contributed by atoms with Crippen LogP contribution in [0.25, 0.3) is 10.9 Å². The third kappa shape index (κ3) is 3.28. The van der Waals surface area contributed by atoms with Crippen LogP contribution < -0.4 is 4.72 Å². The molecule has 1 atom stereocenters. The number of fused-ring (bicyclic) bond motifs is 1. The number of nitrogens with zero attached hydrogens (tertiary/aromatic N) is 3. The molecule has 3 rings (SSSR count). The minimum absolute atomic E-state index is 0.191. The van der Waals surface area contributed by atoms with E-state index in [9.17, 15) is 8.42 Å². The lowest BCUT2D eigenvalue weighted by Crippen LogP contribution is -2.41. The van der Waals surface area contributed by atoms with Gasteiger partial charge in [0, 0.05) is 30.4 Å². The zero-order valence-corrected chi connectivity index (χ0v) is 14.5.